The number of likely N-dealkylation sites (N-methyl/N-ethyl adjacent to an activating group) is 1. The Bertz CT molecular complexity index is 919. The molecule has 0 radical (unpaired) electrons. The van der Waals surface area contributed by atoms with E-state index in [4.69, 9.17) is 14.2 Å². The van der Waals surface area contributed by atoms with Crippen molar-refractivity contribution in [1.29, 1.82) is 0 Å². The van der Waals surface area contributed by atoms with Crippen molar-refractivity contribution < 1.29 is 23.9 Å². The number of likely N-dealkylation sites (tertiary alicyclic amines) is 1. The van der Waals surface area contributed by atoms with Crippen LogP contribution >= 0.6 is 0 Å². The normalized spacial score (nSPS) is 25.7. The number of carbonyl (C=O) groups excluding carboxylic acids is 1. The molecular formula is C21H22N2O6. The lowest BCUT2D eigenvalue weighted by atomic mass is 9.85. The largest absolute Gasteiger partial charge is 0.465 e. The number of fused-ring (bicyclic) bond motifs is 1. The molecule has 8 nitrogen and oxygen atoms in total. The van der Waals surface area contributed by atoms with Gasteiger partial charge in [0.05, 0.1) is 12.5 Å². The van der Waals surface area contributed by atoms with E-state index in [1.807, 2.05) is 30.3 Å². The van der Waals surface area contributed by atoms with Gasteiger partial charge in [0.1, 0.15) is 12.1 Å². The third-order valence-electron chi connectivity index (χ3n) is 5.60. The van der Waals surface area contributed by atoms with Crippen LogP contribution in [0.3, 0.4) is 0 Å². The molecule has 152 valence electrons. The third-order valence-corrected chi connectivity index (χ3v) is 5.60. The summed E-state index contributed by atoms with van der Waals surface area (Å²) < 4.78 is 16.1. The average molecular weight is 398 g/mol. The number of hydrogen-bond donors (Lipinski definition) is 0. The van der Waals surface area contributed by atoms with Crippen molar-refractivity contribution in [3.8, 4) is 11.5 Å². The second kappa shape index (κ2) is 7.71. The van der Waals surface area contributed by atoms with E-state index in [9.17, 15) is 14.9 Å². The monoisotopic (exact) mass is 398 g/mol. The second-order valence-electron chi connectivity index (χ2n) is 7.13. The van der Waals surface area contributed by atoms with E-state index >= 15 is 0 Å². The first-order valence-electron chi connectivity index (χ1n) is 9.49. The predicted molar refractivity (Wildman–Crippen MR) is 103 cm³/mol. The van der Waals surface area contributed by atoms with Crippen LogP contribution in [0.2, 0.25) is 0 Å². The van der Waals surface area contributed by atoms with Crippen LogP contribution in [-0.2, 0) is 9.53 Å². The summed E-state index contributed by atoms with van der Waals surface area (Å²) in [7, 11) is 1.74. The van der Waals surface area contributed by atoms with Gasteiger partial charge < -0.3 is 14.2 Å². The van der Waals surface area contributed by atoms with Gasteiger partial charge in [0.2, 0.25) is 12.8 Å². The van der Waals surface area contributed by atoms with E-state index < -0.39 is 30.0 Å². The number of nitrogens with zero attached hydrogens (tertiary/aromatic N) is 2. The maximum atomic E-state index is 12.9. The highest BCUT2D eigenvalue weighted by atomic mass is 16.7. The van der Waals surface area contributed by atoms with Crippen LogP contribution in [0.25, 0.3) is 0 Å². The molecule has 0 unspecified atom stereocenters. The Morgan fingerprint density at radius 2 is 1.90 bits per heavy atom. The van der Waals surface area contributed by atoms with Gasteiger partial charge in [-0.25, -0.2) is 0 Å². The number of hydrogen-bond acceptors (Lipinski definition) is 7. The molecule has 2 aromatic rings. The van der Waals surface area contributed by atoms with Crippen LogP contribution in [0.5, 0.6) is 11.5 Å². The van der Waals surface area contributed by atoms with E-state index in [0.717, 1.165) is 5.56 Å². The van der Waals surface area contributed by atoms with Crippen LogP contribution in [0, 0.1) is 10.1 Å². The predicted octanol–water partition coefficient (Wildman–Crippen LogP) is 2.76. The number of nitro groups is 1. The Kier molecular flexibility index (Phi) is 5.10. The first kappa shape index (κ1) is 19.2. The van der Waals surface area contributed by atoms with Crippen molar-refractivity contribution in [2.75, 3.05) is 20.4 Å². The van der Waals surface area contributed by atoms with Crippen LogP contribution < -0.4 is 9.47 Å². The quantitative estimate of drug-likeness (QED) is 0.434. The molecule has 0 bridgehead atoms. The van der Waals surface area contributed by atoms with E-state index in [-0.39, 0.29) is 18.3 Å². The molecule has 0 N–H and O–H groups in total. The van der Waals surface area contributed by atoms with Crippen LogP contribution in [0.15, 0.2) is 48.5 Å². The van der Waals surface area contributed by atoms with Crippen molar-refractivity contribution in [1.82, 2.24) is 4.90 Å². The molecule has 0 spiro atoms. The number of rotatable bonds is 5. The van der Waals surface area contributed by atoms with Gasteiger partial charge in [-0.3, -0.25) is 19.8 Å². The Morgan fingerprint density at radius 1 is 1.17 bits per heavy atom. The minimum atomic E-state index is -1.03. The molecule has 2 heterocycles. The third kappa shape index (κ3) is 3.29. The fourth-order valence-electron chi connectivity index (χ4n) is 4.42. The van der Waals surface area contributed by atoms with Crippen LogP contribution in [0.4, 0.5) is 0 Å². The molecule has 2 aliphatic heterocycles. The van der Waals surface area contributed by atoms with Crippen LogP contribution in [0.1, 0.15) is 30.0 Å². The van der Waals surface area contributed by atoms with Gasteiger partial charge in [0.25, 0.3) is 0 Å². The van der Waals surface area contributed by atoms with E-state index in [1.54, 1.807) is 37.1 Å². The van der Waals surface area contributed by atoms with Crippen molar-refractivity contribution >= 4 is 5.97 Å². The molecule has 4 atom stereocenters. The summed E-state index contributed by atoms with van der Waals surface area (Å²) in [6.07, 6.45) is 0. The summed E-state index contributed by atoms with van der Waals surface area (Å²) in [5.74, 6) is -0.0558. The zero-order valence-electron chi connectivity index (χ0n) is 16.2. The van der Waals surface area contributed by atoms with Gasteiger partial charge in [-0.1, -0.05) is 36.4 Å². The first-order valence-corrected chi connectivity index (χ1v) is 9.49. The van der Waals surface area contributed by atoms with Gasteiger partial charge in [-0.2, -0.15) is 0 Å². The highest BCUT2D eigenvalue weighted by molar-refractivity contribution is 5.78. The van der Waals surface area contributed by atoms with Gasteiger partial charge in [-0.15, -0.1) is 0 Å². The fraction of sp³-hybridized carbons (Fsp3) is 0.381. The highest BCUT2D eigenvalue weighted by Crippen LogP contribution is 2.48. The highest BCUT2D eigenvalue weighted by Gasteiger charge is 2.58. The minimum absolute atomic E-state index is 0.107. The summed E-state index contributed by atoms with van der Waals surface area (Å²) in [4.78, 5) is 26.6. The summed E-state index contributed by atoms with van der Waals surface area (Å²) in [6.45, 7) is 2.04. The molecule has 0 saturated carbocycles. The molecule has 0 amide bonds. The second-order valence-corrected chi connectivity index (χ2v) is 7.13. The van der Waals surface area contributed by atoms with E-state index in [2.05, 4.69) is 0 Å². The number of esters is 1. The molecule has 29 heavy (non-hydrogen) atoms. The standard InChI is InChI=1S/C21H22N2O6/c1-3-27-21(24)20-17(14-9-10-15-16(11-14)29-12-28-15)19(23(25)26)18(22(20)2)13-7-5-4-6-8-13/h4-11,17-20H,3,12H2,1-2H3/t17-,18-,19-,20+/m0/s1. The molecule has 2 aromatic carbocycles. The Hall–Kier alpha value is -3.13. The number of benzene rings is 2. The smallest absolute Gasteiger partial charge is 0.324 e. The zero-order chi connectivity index (χ0) is 20.5. The molecule has 1 saturated heterocycles. The van der Waals surface area contributed by atoms with Crippen molar-refractivity contribution in [2.24, 2.45) is 0 Å². The molecule has 8 heteroatoms. The molecule has 4 rings (SSSR count). The molecule has 0 aromatic heterocycles. The SMILES string of the molecule is CCOC(=O)[C@H]1[C@@H](c2ccc3c(c2)OCO3)[C@H]([N+](=O)[O-])[C@H](c2ccccc2)N1C. The topological polar surface area (TPSA) is 91.1 Å². The lowest BCUT2D eigenvalue weighted by molar-refractivity contribution is -0.528. The maximum absolute atomic E-state index is 12.9. The molecule has 0 aliphatic carbocycles. The minimum Gasteiger partial charge on any atom is -0.465 e. The Balaban J connectivity index is 1.83. The molecular weight excluding hydrogens is 376 g/mol. The lowest BCUT2D eigenvalue weighted by Gasteiger charge is -2.24. The van der Waals surface area contributed by atoms with Crippen molar-refractivity contribution in [3.63, 3.8) is 0 Å². The van der Waals surface area contributed by atoms with Gasteiger partial charge in [-0.05, 0) is 37.2 Å². The fourth-order valence-corrected chi connectivity index (χ4v) is 4.42. The summed E-state index contributed by atoms with van der Waals surface area (Å²) in [6, 6.07) is 12.1. The van der Waals surface area contributed by atoms with Gasteiger partial charge in [0.15, 0.2) is 11.5 Å². The molecule has 2 aliphatic rings. The lowest BCUT2D eigenvalue weighted by Crippen LogP contribution is -2.38. The Morgan fingerprint density at radius 3 is 2.59 bits per heavy atom. The van der Waals surface area contributed by atoms with Crippen molar-refractivity contribution in [2.45, 2.75) is 31.0 Å². The summed E-state index contributed by atoms with van der Waals surface area (Å²) in [5, 5.41) is 12.2. The van der Waals surface area contributed by atoms with Crippen LogP contribution in [-0.4, -0.2) is 48.3 Å². The van der Waals surface area contributed by atoms with E-state index in [1.165, 1.54) is 0 Å². The zero-order valence-corrected chi connectivity index (χ0v) is 16.2. The summed E-state index contributed by atoms with van der Waals surface area (Å²) >= 11 is 0. The number of carbonyl (C=O) groups is 1. The van der Waals surface area contributed by atoms with Gasteiger partial charge in [0, 0.05) is 4.92 Å². The number of ether oxygens (including phenoxy) is 3. The molecule has 1 fully saturated rings. The van der Waals surface area contributed by atoms with E-state index in [0.29, 0.717) is 17.1 Å². The first-order chi connectivity index (χ1) is 14.0. The van der Waals surface area contributed by atoms with Crippen molar-refractivity contribution in [3.05, 3.63) is 69.8 Å². The average Bonchev–Trinajstić information content (AvgIpc) is 3.30. The summed E-state index contributed by atoms with van der Waals surface area (Å²) in [5.41, 5.74) is 1.44. The maximum Gasteiger partial charge on any atom is 0.324 e. The Labute approximate surface area is 168 Å². The van der Waals surface area contributed by atoms with Gasteiger partial charge >= 0.3 is 5.97 Å².